The highest BCUT2D eigenvalue weighted by molar-refractivity contribution is 4.91. The van der Waals surface area contributed by atoms with Crippen molar-refractivity contribution in [3.05, 3.63) is 11.8 Å². The zero-order valence-electron chi connectivity index (χ0n) is 8.66. The largest absolute Gasteiger partial charge is 0.423 e. The van der Waals surface area contributed by atoms with Gasteiger partial charge in [0.05, 0.1) is 6.04 Å². The van der Waals surface area contributed by atoms with E-state index < -0.39 is 0 Å². The van der Waals surface area contributed by atoms with Crippen LogP contribution in [0, 0.1) is 0 Å². The predicted octanol–water partition coefficient (Wildman–Crippen LogP) is 1.86. The molecule has 4 heteroatoms. The minimum Gasteiger partial charge on any atom is -0.423 e. The zero-order chi connectivity index (χ0) is 9.84. The predicted molar refractivity (Wildman–Crippen MR) is 50.5 cm³/mol. The van der Waals surface area contributed by atoms with E-state index in [0.717, 1.165) is 12.3 Å². The van der Waals surface area contributed by atoms with E-state index in [1.54, 1.807) is 0 Å². The molecule has 0 radical (unpaired) electrons. The molecular formula is C9H17N3O. The van der Waals surface area contributed by atoms with Crippen LogP contribution >= 0.6 is 0 Å². The van der Waals surface area contributed by atoms with Crippen molar-refractivity contribution < 1.29 is 4.42 Å². The molecule has 2 unspecified atom stereocenters. The van der Waals surface area contributed by atoms with E-state index in [4.69, 9.17) is 4.42 Å². The van der Waals surface area contributed by atoms with Crippen LogP contribution in [0.15, 0.2) is 4.42 Å². The van der Waals surface area contributed by atoms with Gasteiger partial charge in [-0.3, -0.25) is 0 Å². The van der Waals surface area contributed by atoms with Crippen LogP contribution in [0.1, 0.15) is 50.9 Å². The first kappa shape index (κ1) is 10.2. The lowest BCUT2D eigenvalue weighted by atomic mass is 10.1. The minimum atomic E-state index is 0.130. The van der Waals surface area contributed by atoms with E-state index in [-0.39, 0.29) is 6.04 Å². The summed E-state index contributed by atoms with van der Waals surface area (Å²) in [5.74, 6) is 1.75. The monoisotopic (exact) mass is 183 g/mol. The van der Waals surface area contributed by atoms with Crippen molar-refractivity contribution in [2.24, 2.45) is 0 Å². The smallest absolute Gasteiger partial charge is 0.233 e. The van der Waals surface area contributed by atoms with E-state index in [2.05, 4.69) is 29.4 Å². The number of hydrogen-bond donors (Lipinski definition) is 1. The molecule has 0 bridgehead atoms. The van der Waals surface area contributed by atoms with E-state index in [0.29, 0.717) is 11.8 Å². The summed E-state index contributed by atoms with van der Waals surface area (Å²) in [5.41, 5.74) is 0. The molecule has 1 aromatic heterocycles. The average molecular weight is 183 g/mol. The van der Waals surface area contributed by atoms with Gasteiger partial charge in [-0.25, -0.2) is 0 Å². The fourth-order valence-electron chi connectivity index (χ4n) is 0.919. The summed E-state index contributed by atoms with van der Waals surface area (Å²) < 4.78 is 5.50. The van der Waals surface area contributed by atoms with Gasteiger partial charge >= 0.3 is 0 Å². The number of rotatable bonds is 4. The van der Waals surface area contributed by atoms with E-state index in [1.807, 2.05) is 14.0 Å². The van der Waals surface area contributed by atoms with Gasteiger partial charge in [0, 0.05) is 5.92 Å². The molecule has 0 aromatic carbocycles. The molecule has 74 valence electrons. The van der Waals surface area contributed by atoms with Gasteiger partial charge in [-0.15, -0.1) is 10.2 Å². The highest BCUT2D eigenvalue weighted by atomic mass is 16.4. The zero-order valence-corrected chi connectivity index (χ0v) is 8.66. The quantitative estimate of drug-likeness (QED) is 0.774. The molecule has 4 nitrogen and oxygen atoms in total. The molecule has 0 aliphatic rings. The number of aromatic nitrogens is 2. The fourth-order valence-corrected chi connectivity index (χ4v) is 0.919. The van der Waals surface area contributed by atoms with Crippen molar-refractivity contribution in [1.29, 1.82) is 0 Å². The Morgan fingerprint density at radius 2 is 1.92 bits per heavy atom. The first-order valence-corrected chi connectivity index (χ1v) is 4.69. The maximum absolute atomic E-state index is 5.50. The number of hydrogen-bond acceptors (Lipinski definition) is 4. The highest BCUT2D eigenvalue weighted by Crippen LogP contribution is 2.19. The Morgan fingerprint density at radius 3 is 2.46 bits per heavy atom. The molecule has 2 atom stereocenters. The van der Waals surface area contributed by atoms with E-state index in [9.17, 15) is 0 Å². The standard InChI is InChI=1S/C9H17N3O/c1-5-6(2)8-11-12-9(13-8)7(3)10-4/h6-7,10H,5H2,1-4H3. The van der Waals surface area contributed by atoms with Crippen molar-refractivity contribution in [2.45, 2.75) is 39.2 Å². The summed E-state index contributed by atoms with van der Waals surface area (Å²) in [5, 5.41) is 11.0. The molecular weight excluding hydrogens is 166 g/mol. The fraction of sp³-hybridized carbons (Fsp3) is 0.778. The van der Waals surface area contributed by atoms with Crippen LogP contribution in [0.3, 0.4) is 0 Å². The molecule has 0 saturated heterocycles. The number of nitrogens with one attached hydrogen (secondary N) is 1. The summed E-state index contributed by atoms with van der Waals surface area (Å²) in [6.45, 7) is 6.19. The molecule has 1 rings (SSSR count). The van der Waals surface area contributed by atoms with Crippen LogP contribution in [0.25, 0.3) is 0 Å². The van der Waals surface area contributed by atoms with Crippen LogP contribution in [-0.2, 0) is 0 Å². The lowest BCUT2D eigenvalue weighted by Crippen LogP contribution is -2.12. The Labute approximate surface area is 78.7 Å². The van der Waals surface area contributed by atoms with Crippen molar-refractivity contribution in [2.75, 3.05) is 7.05 Å². The van der Waals surface area contributed by atoms with Crippen LogP contribution < -0.4 is 5.32 Å². The molecule has 0 fully saturated rings. The van der Waals surface area contributed by atoms with Gasteiger partial charge < -0.3 is 9.73 Å². The molecule has 1 aromatic rings. The average Bonchev–Trinajstić information content (AvgIpc) is 2.64. The Morgan fingerprint density at radius 1 is 1.31 bits per heavy atom. The molecule has 0 aliphatic carbocycles. The van der Waals surface area contributed by atoms with Crippen molar-refractivity contribution in [1.82, 2.24) is 15.5 Å². The second-order valence-electron chi connectivity index (χ2n) is 3.30. The van der Waals surface area contributed by atoms with Gasteiger partial charge in [0.1, 0.15) is 0 Å². The van der Waals surface area contributed by atoms with Gasteiger partial charge in [-0.2, -0.15) is 0 Å². The normalized spacial score (nSPS) is 15.7. The molecule has 0 amide bonds. The Bertz CT molecular complexity index is 235. The lowest BCUT2D eigenvalue weighted by Gasteiger charge is -2.03. The summed E-state index contributed by atoms with van der Waals surface area (Å²) in [7, 11) is 1.87. The molecule has 1 N–H and O–H groups in total. The van der Waals surface area contributed by atoms with Gasteiger partial charge in [0.15, 0.2) is 0 Å². The Hall–Kier alpha value is -0.900. The highest BCUT2D eigenvalue weighted by Gasteiger charge is 2.15. The minimum absolute atomic E-state index is 0.130. The first-order chi connectivity index (χ1) is 6.19. The van der Waals surface area contributed by atoms with Gasteiger partial charge in [-0.1, -0.05) is 13.8 Å². The van der Waals surface area contributed by atoms with Gasteiger partial charge in [-0.05, 0) is 20.4 Å². The third-order valence-corrected chi connectivity index (χ3v) is 2.29. The maximum Gasteiger partial charge on any atom is 0.233 e. The third-order valence-electron chi connectivity index (χ3n) is 2.29. The first-order valence-electron chi connectivity index (χ1n) is 4.69. The summed E-state index contributed by atoms with van der Waals surface area (Å²) in [6.07, 6.45) is 1.02. The Kier molecular flexibility index (Phi) is 3.42. The van der Waals surface area contributed by atoms with Crippen LogP contribution in [0.4, 0.5) is 0 Å². The summed E-state index contributed by atoms with van der Waals surface area (Å²) in [4.78, 5) is 0. The van der Waals surface area contributed by atoms with Crippen molar-refractivity contribution in [3.63, 3.8) is 0 Å². The number of nitrogens with zero attached hydrogens (tertiary/aromatic N) is 2. The van der Waals surface area contributed by atoms with Crippen molar-refractivity contribution >= 4 is 0 Å². The topological polar surface area (TPSA) is 51.0 Å². The summed E-state index contributed by atoms with van der Waals surface area (Å²) in [6, 6.07) is 0.130. The third kappa shape index (κ3) is 2.28. The van der Waals surface area contributed by atoms with Crippen LogP contribution in [-0.4, -0.2) is 17.2 Å². The molecule has 0 aliphatic heterocycles. The summed E-state index contributed by atoms with van der Waals surface area (Å²) >= 11 is 0. The van der Waals surface area contributed by atoms with Gasteiger partial charge in [0.2, 0.25) is 11.8 Å². The van der Waals surface area contributed by atoms with Gasteiger partial charge in [0.25, 0.3) is 0 Å². The molecule has 0 saturated carbocycles. The Balaban J connectivity index is 2.74. The van der Waals surface area contributed by atoms with Crippen LogP contribution in [0.2, 0.25) is 0 Å². The molecule has 1 heterocycles. The van der Waals surface area contributed by atoms with Crippen LogP contribution in [0.5, 0.6) is 0 Å². The van der Waals surface area contributed by atoms with E-state index >= 15 is 0 Å². The second-order valence-corrected chi connectivity index (χ2v) is 3.30. The lowest BCUT2D eigenvalue weighted by molar-refractivity contribution is 0.386. The molecule has 0 spiro atoms. The maximum atomic E-state index is 5.50. The van der Waals surface area contributed by atoms with E-state index in [1.165, 1.54) is 0 Å². The SMILES string of the molecule is CCC(C)c1nnc(C(C)NC)o1. The van der Waals surface area contributed by atoms with Crippen molar-refractivity contribution in [3.8, 4) is 0 Å². The second kappa shape index (κ2) is 4.37. The molecule has 13 heavy (non-hydrogen) atoms.